The molecule has 6 nitrogen and oxygen atoms in total. The summed E-state index contributed by atoms with van der Waals surface area (Å²) in [5.41, 5.74) is -0.709. The van der Waals surface area contributed by atoms with Crippen LogP contribution < -0.4 is 4.72 Å². The lowest BCUT2D eigenvalue weighted by Gasteiger charge is -2.15. The number of benzene rings is 1. The number of rotatable bonds is 7. The largest absolute Gasteiger partial charge is 0.478 e. The summed E-state index contributed by atoms with van der Waals surface area (Å²) >= 11 is 0. The molecule has 0 aliphatic rings. The van der Waals surface area contributed by atoms with Gasteiger partial charge in [-0.2, -0.15) is 0 Å². The Hall–Kier alpha value is -1.51. The van der Waals surface area contributed by atoms with Gasteiger partial charge in [-0.15, -0.1) is 0 Å². The monoisotopic (exact) mass is 319 g/mol. The minimum Gasteiger partial charge on any atom is -0.478 e. The van der Waals surface area contributed by atoms with E-state index in [9.17, 15) is 17.6 Å². The van der Waals surface area contributed by atoms with Gasteiger partial charge in [-0.05, 0) is 38.0 Å². The van der Waals surface area contributed by atoms with E-state index in [1.54, 1.807) is 6.92 Å². The Morgan fingerprint density at radius 1 is 1.48 bits per heavy atom. The van der Waals surface area contributed by atoms with Crippen LogP contribution in [-0.4, -0.2) is 39.3 Å². The lowest BCUT2D eigenvalue weighted by molar-refractivity contribution is 0.0691. The van der Waals surface area contributed by atoms with Crippen molar-refractivity contribution in [2.75, 3.05) is 13.7 Å². The second kappa shape index (κ2) is 6.97. The highest BCUT2D eigenvalue weighted by molar-refractivity contribution is 7.89. The molecule has 0 spiro atoms. The Morgan fingerprint density at radius 2 is 2.10 bits per heavy atom. The van der Waals surface area contributed by atoms with Crippen LogP contribution in [-0.2, 0) is 14.8 Å². The van der Waals surface area contributed by atoms with Crippen LogP contribution in [0.4, 0.5) is 4.39 Å². The number of hydrogen-bond donors (Lipinski definition) is 2. The van der Waals surface area contributed by atoms with Gasteiger partial charge < -0.3 is 9.84 Å². The van der Waals surface area contributed by atoms with Crippen molar-refractivity contribution in [2.24, 2.45) is 0 Å². The third kappa shape index (κ3) is 4.48. The Morgan fingerprint density at radius 3 is 2.62 bits per heavy atom. The molecule has 1 atom stereocenters. The topological polar surface area (TPSA) is 92.7 Å². The fourth-order valence-electron chi connectivity index (χ4n) is 1.73. The predicted octanol–water partition coefficient (Wildman–Crippen LogP) is 1.54. The van der Waals surface area contributed by atoms with Gasteiger partial charge in [-0.25, -0.2) is 22.3 Å². The van der Waals surface area contributed by atoms with Crippen molar-refractivity contribution in [1.29, 1.82) is 0 Å². The zero-order valence-electron chi connectivity index (χ0n) is 12.0. The van der Waals surface area contributed by atoms with Crippen molar-refractivity contribution in [3.8, 4) is 0 Å². The third-order valence-corrected chi connectivity index (χ3v) is 4.45. The number of methoxy groups -OCH3 is 1. The molecule has 0 heterocycles. The molecule has 0 aromatic heterocycles. The SMILES string of the molecule is COCCC(C)NS(=O)(=O)c1cc(C)c(F)c(C(=O)O)c1. The molecule has 8 heteroatoms. The first-order valence-electron chi connectivity index (χ1n) is 6.23. The maximum Gasteiger partial charge on any atom is 0.338 e. The molecule has 0 aliphatic heterocycles. The van der Waals surface area contributed by atoms with Crippen molar-refractivity contribution in [2.45, 2.75) is 31.2 Å². The van der Waals surface area contributed by atoms with Crippen LogP contribution in [0, 0.1) is 12.7 Å². The summed E-state index contributed by atoms with van der Waals surface area (Å²) in [6, 6.07) is 1.53. The normalized spacial score (nSPS) is 13.1. The van der Waals surface area contributed by atoms with Gasteiger partial charge in [0.15, 0.2) is 0 Å². The number of hydrogen-bond acceptors (Lipinski definition) is 4. The van der Waals surface area contributed by atoms with E-state index in [0.717, 1.165) is 12.1 Å². The summed E-state index contributed by atoms with van der Waals surface area (Å²) in [7, 11) is -2.42. The Balaban J connectivity index is 3.12. The van der Waals surface area contributed by atoms with Crippen molar-refractivity contribution < 1.29 is 27.4 Å². The number of carboxylic acid groups (broad SMARTS) is 1. The first kappa shape index (κ1) is 17.5. The number of halogens is 1. The molecule has 118 valence electrons. The van der Waals surface area contributed by atoms with E-state index in [4.69, 9.17) is 9.84 Å². The Bertz CT molecular complexity index is 630. The second-order valence-electron chi connectivity index (χ2n) is 4.71. The molecule has 1 rings (SSSR count). The molecule has 0 aliphatic carbocycles. The molecule has 1 aromatic carbocycles. The number of sulfonamides is 1. The van der Waals surface area contributed by atoms with E-state index in [2.05, 4.69) is 4.72 Å². The third-order valence-electron chi connectivity index (χ3n) is 2.88. The van der Waals surface area contributed by atoms with Gasteiger partial charge in [-0.1, -0.05) is 0 Å². The molecular weight excluding hydrogens is 301 g/mol. The molecule has 0 saturated carbocycles. The van der Waals surface area contributed by atoms with Crippen LogP contribution in [0.5, 0.6) is 0 Å². The molecule has 0 fully saturated rings. The average molecular weight is 319 g/mol. The number of carboxylic acids is 1. The van der Waals surface area contributed by atoms with Crippen molar-refractivity contribution >= 4 is 16.0 Å². The van der Waals surface area contributed by atoms with Crippen LogP contribution in [0.25, 0.3) is 0 Å². The van der Waals surface area contributed by atoms with Crippen molar-refractivity contribution in [3.05, 3.63) is 29.1 Å². The van der Waals surface area contributed by atoms with E-state index in [0.29, 0.717) is 13.0 Å². The zero-order valence-corrected chi connectivity index (χ0v) is 12.8. The summed E-state index contributed by atoms with van der Waals surface area (Å²) in [4.78, 5) is 10.7. The summed E-state index contributed by atoms with van der Waals surface area (Å²) in [6.45, 7) is 3.35. The van der Waals surface area contributed by atoms with Crippen LogP contribution in [0.2, 0.25) is 0 Å². The molecule has 0 bridgehead atoms. The van der Waals surface area contributed by atoms with Crippen LogP contribution in [0.3, 0.4) is 0 Å². The fourth-order valence-corrected chi connectivity index (χ4v) is 3.12. The maximum atomic E-state index is 13.6. The number of aromatic carboxylic acids is 1. The Kier molecular flexibility index (Phi) is 5.82. The first-order valence-corrected chi connectivity index (χ1v) is 7.72. The van der Waals surface area contributed by atoms with Gasteiger partial charge in [0.25, 0.3) is 0 Å². The summed E-state index contributed by atoms with van der Waals surface area (Å²) in [6.07, 6.45) is 0.460. The Labute approximate surface area is 123 Å². The molecular formula is C13H18FNO5S. The number of carbonyl (C=O) groups is 1. The second-order valence-corrected chi connectivity index (χ2v) is 6.42. The highest BCUT2D eigenvalue weighted by Crippen LogP contribution is 2.19. The van der Waals surface area contributed by atoms with Gasteiger partial charge in [0.05, 0.1) is 10.5 Å². The summed E-state index contributed by atoms with van der Waals surface area (Å²) in [5, 5.41) is 8.91. The molecule has 21 heavy (non-hydrogen) atoms. The quantitative estimate of drug-likeness (QED) is 0.795. The first-order chi connectivity index (χ1) is 9.69. The van der Waals surface area contributed by atoms with Crippen molar-refractivity contribution in [1.82, 2.24) is 4.72 Å². The van der Waals surface area contributed by atoms with Crippen LogP contribution in [0.15, 0.2) is 17.0 Å². The van der Waals surface area contributed by atoms with Crippen molar-refractivity contribution in [3.63, 3.8) is 0 Å². The highest BCUT2D eigenvalue weighted by atomic mass is 32.2. The minimum absolute atomic E-state index is 0.0418. The number of nitrogens with one attached hydrogen (secondary N) is 1. The summed E-state index contributed by atoms with van der Waals surface area (Å²) in [5.74, 6) is -2.45. The number of aryl methyl sites for hydroxylation is 1. The average Bonchev–Trinajstić information content (AvgIpc) is 2.38. The summed E-state index contributed by atoms with van der Waals surface area (Å²) < 4.78 is 45.2. The van der Waals surface area contributed by atoms with Crippen LogP contribution in [0.1, 0.15) is 29.3 Å². The van der Waals surface area contributed by atoms with Gasteiger partial charge >= 0.3 is 5.97 Å². The molecule has 0 radical (unpaired) electrons. The number of ether oxygens (including phenoxy) is 1. The smallest absolute Gasteiger partial charge is 0.338 e. The maximum absolute atomic E-state index is 13.6. The predicted molar refractivity (Wildman–Crippen MR) is 74.4 cm³/mol. The van der Waals surface area contributed by atoms with Gasteiger partial charge in [0.1, 0.15) is 5.82 Å². The minimum atomic E-state index is -3.92. The molecule has 2 N–H and O–H groups in total. The molecule has 0 saturated heterocycles. The zero-order chi connectivity index (χ0) is 16.2. The standard InChI is InChI=1S/C13H18FNO5S/c1-8-6-10(7-11(12(8)14)13(16)17)21(18,19)15-9(2)4-5-20-3/h6-7,9,15H,4-5H2,1-3H3,(H,16,17). The molecule has 1 aromatic rings. The van der Waals surface area contributed by atoms with E-state index in [-0.39, 0.29) is 10.5 Å². The van der Waals surface area contributed by atoms with E-state index < -0.39 is 33.4 Å². The molecule has 1 unspecified atom stereocenters. The van der Waals surface area contributed by atoms with Gasteiger partial charge in [0, 0.05) is 19.8 Å². The van der Waals surface area contributed by atoms with Gasteiger partial charge in [0.2, 0.25) is 10.0 Å². The van der Waals surface area contributed by atoms with E-state index >= 15 is 0 Å². The van der Waals surface area contributed by atoms with E-state index in [1.807, 2.05) is 0 Å². The van der Waals surface area contributed by atoms with Gasteiger partial charge in [-0.3, -0.25) is 0 Å². The lowest BCUT2D eigenvalue weighted by atomic mass is 10.1. The fraction of sp³-hybridized carbons (Fsp3) is 0.462. The van der Waals surface area contributed by atoms with E-state index in [1.165, 1.54) is 14.0 Å². The lowest BCUT2D eigenvalue weighted by Crippen LogP contribution is -2.33. The molecule has 0 amide bonds. The highest BCUT2D eigenvalue weighted by Gasteiger charge is 2.22. The van der Waals surface area contributed by atoms with Crippen LogP contribution >= 0.6 is 0 Å².